The maximum absolute atomic E-state index is 4.11. The number of rotatable bonds is 0. The number of pyridine rings is 1. The number of hydrogen-bond donors (Lipinski definition) is 0. The van der Waals surface area contributed by atoms with Gasteiger partial charge < -0.3 is 0 Å². The van der Waals surface area contributed by atoms with E-state index in [1.807, 2.05) is 24.0 Å². The van der Waals surface area contributed by atoms with Crippen molar-refractivity contribution in [1.82, 2.24) is 4.98 Å². The summed E-state index contributed by atoms with van der Waals surface area (Å²) in [5.41, 5.74) is 2.89. The SMILES string of the molecule is c1cc2scnc2c[nH+]1. The first-order valence-corrected chi connectivity index (χ1v) is 3.54. The van der Waals surface area contributed by atoms with Crippen LogP contribution in [0.25, 0.3) is 10.2 Å². The number of H-pyrrole nitrogens is 1. The molecule has 0 aliphatic carbocycles. The van der Waals surface area contributed by atoms with Crippen LogP contribution in [0.15, 0.2) is 24.0 Å². The Kier molecular flexibility index (Phi) is 0.960. The number of aromatic amines is 1. The molecule has 2 heterocycles. The Morgan fingerprint density at radius 2 is 2.56 bits per heavy atom. The highest BCUT2D eigenvalue weighted by Crippen LogP contribution is 2.12. The van der Waals surface area contributed by atoms with Crippen molar-refractivity contribution in [2.24, 2.45) is 0 Å². The number of fused-ring (bicyclic) bond motifs is 1. The van der Waals surface area contributed by atoms with Crippen LogP contribution < -0.4 is 4.98 Å². The third-order valence-corrected chi connectivity index (χ3v) is 1.98. The van der Waals surface area contributed by atoms with Gasteiger partial charge in [-0.1, -0.05) is 0 Å². The lowest BCUT2D eigenvalue weighted by atomic mass is 10.5. The zero-order chi connectivity index (χ0) is 6.10. The monoisotopic (exact) mass is 137 g/mol. The van der Waals surface area contributed by atoms with Crippen LogP contribution in [-0.2, 0) is 0 Å². The van der Waals surface area contributed by atoms with E-state index in [2.05, 4.69) is 9.97 Å². The van der Waals surface area contributed by atoms with Crippen molar-refractivity contribution < 1.29 is 4.98 Å². The summed E-state index contributed by atoms with van der Waals surface area (Å²) in [6.45, 7) is 0. The number of hydrogen-bond acceptors (Lipinski definition) is 2. The Morgan fingerprint density at radius 3 is 3.44 bits per heavy atom. The van der Waals surface area contributed by atoms with E-state index in [1.165, 1.54) is 4.70 Å². The van der Waals surface area contributed by atoms with Crippen LogP contribution in [0, 0.1) is 0 Å². The summed E-state index contributed by atoms with van der Waals surface area (Å²) in [5.74, 6) is 0. The molecule has 0 spiro atoms. The molecule has 0 saturated carbocycles. The number of aromatic nitrogens is 2. The van der Waals surface area contributed by atoms with Gasteiger partial charge in [-0.2, -0.15) is 0 Å². The number of nitrogens with zero attached hydrogens (tertiary/aromatic N) is 1. The van der Waals surface area contributed by atoms with E-state index in [0.29, 0.717) is 0 Å². The van der Waals surface area contributed by atoms with Crippen molar-refractivity contribution in [2.75, 3.05) is 0 Å². The second-order valence-corrected chi connectivity index (χ2v) is 2.63. The van der Waals surface area contributed by atoms with E-state index in [4.69, 9.17) is 0 Å². The van der Waals surface area contributed by atoms with Gasteiger partial charge in [0.25, 0.3) is 0 Å². The van der Waals surface area contributed by atoms with Crippen molar-refractivity contribution in [3.05, 3.63) is 24.0 Å². The summed E-state index contributed by atoms with van der Waals surface area (Å²) >= 11 is 1.66. The molecule has 0 bridgehead atoms. The zero-order valence-electron chi connectivity index (χ0n) is 4.66. The highest BCUT2D eigenvalue weighted by Gasteiger charge is 1.94. The van der Waals surface area contributed by atoms with Crippen molar-refractivity contribution in [1.29, 1.82) is 0 Å². The molecular formula is C6H5N2S+. The first-order chi connectivity index (χ1) is 4.47. The average molecular weight is 137 g/mol. The van der Waals surface area contributed by atoms with E-state index >= 15 is 0 Å². The number of thiazole rings is 1. The van der Waals surface area contributed by atoms with E-state index in [0.717, 1.165) is 5.52 Å². The van der Waals surface area contributed by atoms with Crippen LogP contribution in [-0.4, -0.2) is 4.98 Å². The minimum atomic E-state index is 1.04. The lowest BCUT2D eigenvalue weighted by Gasteiger charge is -1.74. The van der Waals surface area contributed by atoms with Crippen LogP contribution in [0.1, 0.15) is 0 Å². The molecule has 0 atom stereocenters. The molecule has 0 radical (unpaired) electrons. The first kappa shape index (κ1) is 4.88. The van der Waals surface area contributed by atoms with Gasteiger partial charge >= 0.3 is 0 Å². The molecule has 44 valence electrons. The summed E-state index contributed by atoms with van der Waals surface area (Å²) in [7, 11) is 0. The van der Waals surface area contributed by atoms with Gasteiger partial charge in [0.15, 0.2) is 12.4 Å². The molecule has 9 heavy (non-hydrogen) atoms. The van der Waals surface area contributed by atoms with Crippen LogP contribution in [0.2, 0.25) is 0 Å². The second-order valence-electron chi connectivity index (χ2n) is 1.75. The molecule has 0 amide bonds. The molecule has 0 aliphatic rings. The summed E-state index contributed by atoms with van der Waals surface area (Å²) < 4.78 is 1.23. The lowest BCUT2D eigenvalue weighted by Crippen LogP contribution is -1.96. The molecule has 0 saturated heterocycles. The summed E-state index contributed by atoms with van der Waals surface area (Å²) in [4.78, 5) is 7.07. The minimum Gasteiger partial charge on any atom is -0.238 e. The fraction of sp³-hybridized carbons (Fsp3) is 0. The molecule has 2 rings (SSSR count). The zero-order valence-corrected chi connectivity index (χ0v) is 5.48. The van der Waals surface area contributed by atoms with Gasteiger partial charge in [0, 0.05) is 6.07 Å². The van der Waals surface area contributed by atoms with E-state index in [-0.39, 0.29) is 0 Å². The molecule has 3 heteroatoms. The highest BCUT2D eigenvalue weighted by molar-refractivity contribution is 7.16. The smallest absolute Gasteiger partial charge is 0.194 e. The van der Waals surface area contributed by atoms with Crippen molar-refractivity contribution in [2.45, 2.75) is 0 Å². The van der Waals surface area contributed by atoms with E-state index < -0.39 is 0 Å². The van der Waals surface area contributed by atoms with Crippen LogP contribution in [0.5, 0.6) is 0 Å². The maximum Gasteiger partial charge on any atom is 0.194 e. The van der Waals surface area contributed by atoms with Gasteiger partial charge in [0.1, 0.15) is 5.52 Å². The van der Waals surface area contributed by atoms with Crippen molar-refractivity contribution in [3.8, 4) is 0 Å². The largest absolute Gasteiger partial charge is 0.238 e. The van der Waals surface area contributed by atoms with Crippen LogP contribution >= 0.6 is 11.3 Å². The average Bonchev–Trinajstić information content (AvgIpc) is 2.33. The van der Waals surface area contributed by atoms with Gasteiger partial charge in [-0.15, -0.1) is 11.3 Å². The summed E-state index contributed by atoms with van der Waals surface area (Å²) in [5, 5.41) is 0. The van der Waals surface area contributed by atoms with Crippen LogP contribution in [0.4, 0.5) is 0 Å². The normalized spacial score (nSPS) is 10.2. The molecule has 2 aromatic heterocycles. The van der Waals surface area contributed by atoms with Gasteiger partial charge in [-0.3, -0.25) is 0 Å². The van der Waals surface area contributed by atoms with Gasteiger partial charge in [-0.05, 0) is 0 Å². The Morgan fingerprint density at radius 1 is 1.56 bits per heavy atom. The molecule has 1 N–H and O–H groups in total. The minimum absolute atomic E-state index is 1.04. The van der Waals surface area contributed by atoms with Crippen molar-refractivity contribution >= 4 is 21.6 Å². The molecule has 0 aliphatic heterocycles. The van der Waals surface area contributed by atoms with Gasteiger partial charge in [-0.25, -0.2) is 9.97 Å². The second kappa shape index (κ2) is 1.77. The maximum atomic E-state index is 4.11. The third kappa shape index (κ3) is 0.695. The van der Waals surface area contributed by atoms with E-state index in [1.54, 1.807) is 11.3 Å². The van der Waals surface area contributed by atoms with E-state index in [9.17, 15) is 0 Å². The molecule has 2 aromatic rings. The van der Waals surface area contributed by atoms with Crippen LogP contribution in [0.3, 0.4) is 0 Å². The lowest BCUT2D eigenvalue weighted by molar-refractivity contribution is -0.376. The summed E-state index contributed by atoms with van der Waals surface area (Å²) in [6, 6.07) is 2.02. The van der Waals surface area contributed by atoms with Crippen molar-refractivity contribution in [3.63, 3.8) is 0 Å². The first-order valence-electron chi connectivity index (χ1n) is 2.66. The Balaban J connectivity index is 2.95. The fourth-order valence-corrected chi connectivity index (χ4v) is 1.41. The molecule has 0 aromatic carbocycles. The fourth-order valence-electron chi connectivity index (χ4n) is 0.748. The topological polar surface area (TPSA) is 27.0 Å². The standard InChI is InChI=1S/C6H4N2S/c1-2-7-3-5-6(1)9-4-8-5/h1-4H/p+1. The predicted octanol–water partition coefficient (Wildman–Crippen LogP) is 1.11. The van der Waals surface area contributed by atoms with Gasteiger partial charge in [0.2, 0.25) is 0 Å². The third-order valence-electron chi connectivity index (χ3n) is 1.17. The molecule has 0 unspecified atom stereocenters. The summed E-state index contributed by atoms with van der Waals surface area (Å²) in [6.07, 6.45) is 3.80. The molecule has 0 fully saturated rings. The Labute approximate surface area is 56.2 Å². The Bertz CT molecular complexity index is 285. The number of nitrogens with one attached hydrogen (secondary N) is 1. The predicted molar refractivity (Wildman–Crippen MR) is 36.2 cm³/mol. The Hall–Kier alpha value is -0.960. The molecular weight excluding hydrogens is 132 g/mol. The highest BCUT2D eigenvalue weighted by atomic mass is 32.1. The molecule has 2 nitrogen and oxygen atoms in total. The van der Waals surface area contributed by atoms with Gasteiger partial charge in [0.05, 0.1) is 10.2 Å². The quantitative estimate of drug-likeness (QED) is 0.534.